The smallest absolute Gasteiger partial charge is 0.0663 e. The Hall–Kier alpha value is -0.860. The zero-order chi connectivity index (χ0) is 12.8. The predicted octanol–water partition coefficient (Wildman–Crippen LogP) is 3.67. The predicted molar refractivity (Wildman–Crippen MR) is 75.4 cm³/mol. The summed E-state index contributed by atoms with van der Waals surface area (Å²) in [5.41, 5.74) is 7.32. The summed E-state index contributed by atoms with van der Waals surface area (Å²) in [5, 5.41) is 0. The first-order chi connectivity index (χ1) is 8.79. The van der Waals surface area contributed by atoms with Gasteiger partial charge in [-0.3, -0.25) is 0 Å². The van der Waals surface area contributed by atoms with Crippen molar-refractivity contribution in [2.75, 3.05) is 6.61 Å². The van der Waals surface area contributed by atoms with Crippen LogP contribution in [0.4, 0.5) is 0 Å². The van der Waals surface area contributed by atoms with Crippen molar-refractivity contribution < 1.29 is 4.74 Å². The second kappa shape index (κ2) is 6.91. The highest BCUT2D eigenvalue weighted by Gasteiger charge is 2.21. The summed E-state index contributed by atoms with van der Waals surface area (Å²) in [7, 11) is 0. The number of hydrogen-bond acceptors (Lipinski definition) is 2. The Morgan fingerprint density at radius 2 is 2.06 bits per heavy atom. The van der Waals surface area contributed by atoms with Gasteiger partial charge in [0.1, 0.15) is 0 Å². The van der Waals surface area contributed by atoms with Gasteiger partial charge in [-0.15, -0.1) is 0 Å². The number of nitrogens with two attached hydrogens (primary N) is 1. The molecule has 2 heteroatoms. The summed E-state index contributed by atoms with van der Waals surface area (Å²) in [6, 6.07) is 10.2. The quantitative estimate of drug-likeness (QED) is 0.861. The van der Waals surface area contributed by atoms with Gasteiger partial charge in [0.05, 0.1) is 18.8 Å². The van der Waals surface area contributed by atoms with Crippen molar-refractivity contribution in [3.63, 3.8) is 0 Å². The fourth-order valence-electron chi connectivity index (χ4n) is 2.80. The third-order valence-corrected chi connectivity index (χ3v) is 4.05. The molecule has 0 aromatic heterocycles. The molecule has 1 aliphatic carbocycles. The van der Waals surface area contributed by atoms with Crippen LogP contribution in [0.1, 0.15) is 50.6 Å². The fraction of sp³-hybridized carbons (Fsp3) is 0.625. The Bertz CT molecular complexity index is 338. The van der Waals surface area contributed by atoms with E-state index in [0.29, 0.717) is 12.7 Å². The molecule has 18 heavy (non-hydrogen) atoms. The maximum absolute atomic E-state index is 6.15. The Balaban J connectivity index is 1.77. The van der Waals surface area contributed by atoms with E-state index in [1.54, 1.807) is 0 Å². The molecule has 2 rings (SSSR count). The maximum Gasteiger partial charge on any atom is 0.0663 e. The third-order valence-electron chi connectivity index (χ3n) is 4.05. The number of hydrogen-bond donors (Lipinski definition) is 1. The van der Waals surface area contributed by atoms with Crippen LogP contribution in [0.2, 0.25) is 0 Å². The number of benzene rings is 1. The summed E-state index contributed by atoms with van der Waals surface area (Å²) in [5.74, 6) is 0.858. The lowest BCUT2D eigenvalue weighted by Crippen LogP contribution is -2.26. The molecule has 1 aliphatic rings. The monoisotopic (exact) mass is 247 g/mol. The molecule has 0 amide bonds. The van der Waals surface area contributed by atoms with Gasteiger partial charge in [-0.2, -0.15) is 0 Å². The van der Waals surface area contributed by atoms with E-state index in [1.165, 1.54) is 37.7 Å². The maximum atomic E-state index is 6.15. The largest absolute Gasteiger partial charge is 0.376 e. The summed E-state index contributed by atoms with van der Waals surface area (Å²) in [6.45, 7) is 2.92. The van der Waals surface area contributed by atoms with Crippen LogP contribution in [-0.2, 0) is 4.74 Å². The summed E-state index contributed by atoms with van der Waals surface area (Å²) >= 11 is 0. The minimum Gasteiger partial charge on any atom is -0.376 e. The van der Waals surface area contributed by atoms with Gasteiger partial charge in [0, 0.05) is 0 Å². The lowest BCUT2D eigenvalue weighted by molar-refractivity contribution is 0.00561. The van der Waals surface area contributed by atoms with Gasteiger partial charge in [-0.25, -0.2) is 0 Å². The second-order valence-electron chi connectivity index (χ2n) is 5.41. The van der Waals surface area contributed by atoms with Gasteiger partial charge in [0.2, 0.25) is 0 Å². The molecule has 0 aliphatic heterocycles. The van der Waals surface area contributed by atoms with Crippen molar-refractivity contribution in [2.45, 2.75) is 51.2 Å². The Morgan fingerprint density at radius 1 is 1.28 bits per heavy atom. The Labute approximate surface area is 111 Å². The molecule has 0 spiro atoms. The van der Waals surface area contributed by atoms with E-state index >= 15 is 0 Å². The Kier molecular flexibility index (Phi) is 5.21. The van der Waals surface area contributed by atoms with Crippen LogP contribution in [0.5, 0.6) is 0 Å². The first-order valence-electron chi connectivity index (χ1n) is 7.21. The molecule has 1 aromatic rings. The lowest BCUT2D eigenvalue weighted by atomic mass is 9.85. The van der Waals surface area contributed by atoms with Crippen molar-refractivity contribution >= 4 is 0 Å². The van der Waals surface area contributed by atoms with Crippen molar-refractivity contribution in [3.8, 4) is 0 Å². The summed E-state index contributed by atoms with van der Waals surface area (Å²) in [6.07, 6.45) is 6.82. The van der Waals surface area contributed by atoms with Crippen LogP contribution in [0.15, 0.2) is 30.3 Å². The van der Waals surface area contributed by atoms with E-state index < -0.39 is 0 Å². The van der Waals surface area contributed by atoms with Crippen LogP contribution in [0.3, 0.4) is 0 Å². The van der Waals surface area contributed by atoms with Crippen molar-refractivity contribution in [1.29, 1.82) is 0 Å². The molecule has 0 bridgehead atoms. The van der Waals surface area contributed by atoms with E-state index in [4.69, 9.17) is 10.5 Å². The molecule has 2 nitrogen and oxygen atoms in total. The molecule has 0 heterocycles. The average molecular weight is 247 g/mol. The molecule has 0 radical (unpaired) electrons. The zero-order valence-corrected chi connectivity index (χ0v) is 11.3. The minimum absolute atomic E-state index is 0.00760. The average Bonchev–Trinajstić information content (AvgIpc) is 2.46. The molecule has 1 saturated carbocycles. The van der Waals surface area contributed by atoms with Crippen molar-refractivity contribution in [1.82, 2.24) is 0 Å². The minimum atomic E-state index is 0.00760. The van der Waals surface area contributed by atoms with Crippen molar-refractivity contribution in [3.05, 3.63) is 35.9 Å². The van der Waals surface area contributed by atoms with Crippen LogP contribution in [-0.4, -0.2) is 12.7 Å². The van der Waals surface area contributed by atoms with Gasteiger partial charge in [-0.1, -0.05) is 56.5 Å². The molecule has 1 aromatic carbocycles. The van der Waals surface area contributed by atoms with Gasteiger partial charge < -0.3 is 10.5 Å². The Morgan fingerprint density at radius 3 is 2.78 bits per heavy atom. The molecule has 3 unspecified atom stereocenters. The van der Waals surface area contributed by atoms with Crippen LogP contribution in [0, 0.1) is 5.92 Å². The third kappa shape index (κ3) is 3.82. The molecule has 1 fully saturated rings. The van der Waals surface area contributed by atoms with E-state index in [0.717, 1.165) is 5.92 Å². The summed E-state index contributed by atoms with van der Waals surface area (Å²) in [4.78, 5) is 0. The van der Waals surface area contributed by atoms with Gasteiger partial charge in [0.25, 0.3) is 0 Å². The standard InChI is InChI=1S/C16H25NO/c1-2-13-7-6-10-15(11-13)18-12-16(17)14-8-4-3-5-9-14/h3-5,8-9,13,15-16H,2,6-7,10-12,17H2,1H3. The zero-order valence-electron chi connectivity index (χ0n) is 11.3. The van der Waals surface area contributed by atoms with Gasteiger partial charge in [0.15, 0.2) is 0 Å². The van der Waals surface area contributed by atoms with E-state index in [9.17, 15) is 0 Å². The molecular formula is C16H25NO. The topological polar surface area (TPSA) is 35.2 Å². The fourth-order valence-corrected chi connectivity index (χ4v) is 2.80. The van der Waals surface area contributed by atoms with Crippen molar-refractivity contribution in [2.24, 2.45) is 11.7 Å². The normalized spacial score (nSPS) is 25.9. The van der Waals surface area contributed by atoms with Gasteiger partial charge >= 0.3 is 0 Å². The lowest BCUT2D eigenvalue weighted by Gasteiger charge is -2.29. The van der Waals surface area contributed by atoms with Crippen LogP contribution < -0.4 is 5.73 Å². The van der Waals surface area contributed by atoms with Crippen LogP contribution in [0.25, 0.3) is 0 Å². The first-order valence-corrected chi connectivity index (χ1v) is 7.21. The second-order valence-corrected chi connectivity index (χ2v) is 5.41. The van der Waals surface area contributed by atoms with E-state index in [-0.39, 0.29) is 6.04 Å². The van der Waals surface area contributed by atoms with E-state index in [2.05, 4.69) is 19.1 Å². The SMILES string of the molecule is CCC1CCCC(OCC(N)c2ccccc2)C1. The number of rotatable bonds is 5. The van der Waals surface area contributed by atoms with E-state index in [1.807, 2.05) is 18.2 Å². The number of ether oxygens (including phenoxy) is 1. The highest BCUT2D eigenvalue weighted by molar-refractivity contribution is 5.18. The van der Waals surface area contributed by atoms with Crippen LogP contribution >= 0.6 is 0 Å². The summed E-state index contributed by atoms with van der Waals surface area (Å²) < 4.78 is 6.01. The molecular weight excluding hydrogens is 222 g/mol. The molecule has 2 N–H and O–H groups in total. The highest BCUT2D eigenvalue weighted by Crippen LogP contribution is 2.28. The highest BCUT2D eigenvalue weighted by atomic mass is 16.5. The molecule has 100 valence electrons. The molecule has 3 atom stereocenters. The molecule has 0 saturated heterocycles. The van der Waals surface area contributed by atoms with Gasteiger partial charge in [-0.05, 0) is 24.3 Å². The first kappa shape index (κ1) is 13.6.